The molecule has 1 rings (SSSR count). The molecular formula is C11H21N3O. The molecule has 86 valence electrons. The molecule has 0 aromatic carbocycles. The number of likely N-dealkylation sites (N-methyl/N-ethyl adjacent to an activating group) is 1. The summed E-state index contributed by atoms with van der Waals surface area (Å²) in [5, 5.41) is 7.75. The van der Waals surface area contributed by atoms with E-state index in [0.717, 1.165) is 18.8 Å². The Balaban J connectivity index is 2.73. The predicted molar refractivity (Wildman–Crippen MR) is 60.9 cm³/mol. The van der Waals surface area contributed by atoms with E-state index >= 15 is 0 Å². The minimum absolute atomic E-state index is 0.237. The molecule has 1 unspecified atom stereocenters. The number of hydrogen-bond acceptors (Lipinski definition) is 3. The van der Waals surface area contributed by atoms with E-state index in [4.69, 9.17) is 4.74 Å². The molecule has 4 nitrogen and oxygen atoms in total. The van der Waals surface area contributed by atoms with Gasteiger partial charge < -0.3 is 10.1 Å². The third-order valence-electron chi connectivity index (χ3n) is 2.33. The van der Waals surface area contributed by atoms with Gasteiger partial charge in [-0.25, -0.2) is 0 Å². The smallest absolute Gasteiger partial charge is 0.0729 e. The molecular weight excluding hydrogens is 190 g/mol. The van der Waals surface area contributed by atoms with E-state index < -0.39 is 0 Å². The molecule has 0 spiro atoms. The Bertz CT molecular complexity index is 296. The predicted octanol–water partition coefficient (Wildman–Crippen LogP) is 1.42. The summed E-state index contributed by atoms with van der Waals surface area (Å²) in [5.41, 5.74) is 2.23. The molecule has 0 saturated heterocycles. The molecule has 0 saturated carbocycles. The van der Waals surface area contributed by atoms with Crippen LogP contribution in [0.3, 0.4) is 0 Å². The maximum atomic E-state index is 5.46. The highest BCUT2D eigenvalue weighted by molar-refractivity contribution is 5.13. The lowest BCUT2D eigenvalue weighted by Crippen LogP contribution is -2.27. The van der Waals surface area contributed by atoms with Crippen LogP contribution in [0, 0.1) is 6.92 Å². The van der Waals surface area contributed by atoms with Crippen LogP contribution in [0.25, 0.3) is 0 Å². The van der Waals surface area contributed by atoms with E-state index in [-0.39, 0.29) is 6.04 Å². The molecule has 0 bridgehead atoms. The zero-order chi connectivity index (χ0) is 11.3. The Kier molecular flexibility index (Phi) is 4.78. The average Bonchev–Trinajstić information content (AvgIpc) is 2.52. The van der Waals surface area contributed by atoms with Gasteiger partial charge in [-0.2, -0.15) is 5.10 Å². The summed E-state index contributed by atoms with van der Waals surface area (Å²) in [6.45, 7) is 8.50. The van der Waals surface area contributed by atoms with E-state index in [9.17, 15) is 0 Å². The quantitative estimate of drug-likeness (QED) is 0.773. The second-order valence-electron chi connectivity index (χ2n) is 3.60. The van der Waals surface area contributed by atoms with Crippen molar-refractivity contribution in [1.82, 2.24) is 15.1 Å². The van der Waals surface area contributed by atoms with Crippen molar-refractivity contribution in [3.8, 4) is 0 Å². The number of ether oxygens (including phenoxy) is 1. The van der Waals surface area contributed by atoms with Crippen molar-refractivity contribution in [2.75, 3.05) is 19.8 Å². The first kappa shape index (κ1) is 12.2. The summed E-state index contributed by atoms with van der Waals surface area (Å²) in [4.78, 5) is 0. The van der Waals surface area contributed by atoms with Crippen molar-refractivity contribution in [2.24, 2.45) is 7.05 Å². The summed E-state index contributed by atoms with van der Waals surface area (Å²) >= 11 is 0. The fourth-order valence-corrected chi connectivity index (χ4v) is 1.69. The standard InChI is InChI=1S/C11H21N3O/c1-5-12-10(8-15-6-2)11-7-9(3)13-14(11)4/h7,10,12H,5-6,8H2,1-4H3. The Morgan fingerprint density at radius 1 is 1.53 bits per heavy atom. The summed E-state index contributed by atoms with van der Waals surface area (Å²) in [6.07, 6.45) is 0. The molecule has 1 aromatic rings. The van der Waals surface area contributed by atoms with Crippen molar-refractivity contribution in [1.29, 1.82) is 0 Å². The topological polar surface area (TPSA) is 39.1 Å². The van der Waals surface area contributed by atoms with Crippen LogP contribution in [-0.2, 0) is 11.8 Å². The molecule has 0 fully saturated rings. The first-order valence-electron chi connectivity index (χ1n) is 5.50. The molecule has 1 N–H and O–H groups in total. The number of nitrogens with one attached hydrogen (secondary N) is 1. The van der Waals surface area contributed by atoms with Crippen molar-refractivity contribution in [3.05, 3.63) is 17.5 Å². The molecule has 0 aliphatic rings. The number of aryl methyl sites for hydroxylation is 2. The van der Waals surface area contributed by atoms with Crippen molar-refractivity contribution < 1.29 is 4.74 Å². The molecule has 4 heteroatoms. The molecule has 1 atom stereocenters. The molecule has 1 aromatic heterocycles. The largest absolute Gasteiger partial charge is 0.380 e. The number of aromatic nitrogens is 2. The molecule has 15 heavy (non-hydrogen) atoms. The van der Waals surface area contributed by atoms with Gasteiger partial charge in [0.2, 0.25) is 0 Å². The zero-order valence-electron chi connectivity index (χ0n) is 10.1. The Labute approximate surface area is 91.6 Å². The fourth-order valence-electron chi connectivity index (χ4n) is 1.69. The van der Waals surface area contributed by atoms with Crippen LogP contribution in [0.4, 0.5) is 0 Å². The van der Waals surface area contributed by atoms with E-state index in [1.807, 2.05) is 25.6 Å². The highest BCUT2D eigenvalue weighted by Crippen LogP contribution is 2.13. The first-order valence-corrected chi connectivity index (χ1v) is 5.50. The zero-order valence-corrected chi connectivity index (χ0v) is 10.1. The Morgan fingerprint density at radius 3 is 2.73 bits per heavy atom. The van der Waals surface area contributed by atoms with Gasteiger partial charge in [-0.1, -0.05) is 6.92 Å². The highest BCUT2D eigenvalue weighted by Gasteiger charge is 2.14. The lowest BCUT2D eigenvalue weighted by molar-refractivity contribution is 0.121. The summed E-state index contributed by atoms with van der Waals surface area (Å²) in [6, 6.07) is 2.34. The maximum absolute atomic E-state index is 5.46. The third kappa shape index (κ3) is 3.32. The van der Waals surface area contributed by atoms with Crippen molar-refractivity contribution >= 4 is 0 Å². The Morgan fingerprint density at radius 2 is 2.27 bits per heavy atom. The SMILES string of the molecule is CCNC(COCC)c1cc(C)nn1C. The van der Waals surface area contributed by atoms with Crippen LogP contribution < -0.4 is 5.32 Å². The molecule has 0 aliphatic heterocycles. The second-order valence-corrected chi connectivity index (χ2v) is 3.60. The average molecular weight is 211 g/mol. The van der Waals surface area contributed by atoms with Crippen LogP contribution in [-0.4, -0.2) is 29.5 Å². The normalized spacial score (nSPS) is 13.1. The number of rotatable bonds is 6. The maximum Gasteiger partial charge on any atom is 0.0729 e. The first-order chi connectivity index (χ1) is 7.19. The summed E-state index contributed by atoms with van der Waals surface area (Å²) in [5.74, 6) is 0. The van der Waals surface area contributed by atoms with Crippen LogP contribution >= 0.6 is 0 Å². The number of hydrogen-bond donors (Lipinski definition) is 1. The van der Waals surface area contributed by atoms with Gasteiger partial charge in [-0.3, -0.25) is 4.68 Å². The summed E-state index contributed by atoms with van der Waals surface area (Å²) in [7, 11) is 1.97. The van der Waals surface area contributed by atoms with Gasteiger partial charge >= 0.3 is 0 Å². The fraction of sp³-hybridized carbons (Fsp3) is 0.727. The van der Waals surface area contributed by atoms with Crippen molar-refractivity contribution in [3.63, 3.8) is 0 Å². The van der Waals surface area contributed by atoms with Gasteiger partial charge in [0.25, 0.3) is 0 Å². The van der Waals surface area contributed by atoms with Gasteiger partial charge in [0, 0.05) is 13.7 Å². The van der Waals surface area contributed by atoms with Crippen LogP contribution in [0.1, 0.15) is 31.3 Å². The molecule has 0 radical (unpaired) electrons. The molecule has 0 aliphatic carbocycles. The molecule has 1 heterocycles. The van der Waals surface area contributed by atoms with Crippen LogP contribution in [0.2, 0.25) is 0 Å². The van der Waals surface area contributed by atoms with E-state index in [1.54, 1.807) is 0 Å². The van der Waals surface area contributed by atoms with Crippen LogP contribution in [0.15, 0.2) is 6.07 Å². The van der Waals surface area contributed by atoms with Gasteiger partial charge in [0.1, 0.15) is 0 Å². The lowest BCUT2D eigenvalue weighted by atomic mass is 10.2. The third-order valence-corrected chi connectivity index (χ3v) is 2.33. The summed E-state index contributed by atoms with van der Waals surface area (Å²) < 4.78 is 7.38. The highest BCUT2D eigenvalue weighted by atomic mass is 16.5. The minimum Gasteiger partial charge on any atom is -0.380 e. The second kappa shape index (κ2) is 5.88. The molecule has 0 amide bonds. The van der Waals surface area contributed by atoms with Crippen molar-refractivity contribution in [2.45, 2.75) is 26.8 Å². The van der Waals surface area contributed by atoms with Gasteiger partial charge in [0.15, 0.2) is 0 Å². The van der Waals surface area contributed by atoms with Crippen LogP contribution in [0.5, 0.6) is 0 Å². The van der Waals surface area contributed by atoms with E-state index in [1.165, 1.54) is 5.69 Å². The van der Waals surface area contributed by atoms with E-state index in [0.29, 0.717) is 6.61 Å². The van der Waals surface area contributed by atoms with Gasteiger partial charge in [0.05, 0.1) is 24.0 Å². The van der Waals surface area contributed by atoms with E-state index in [2.05, 4.69) is 23.4 Å². The van der Waals surface area contributed by atoms with Gasteiger partial charge in [-0.15, -0.1) is 0 Å². The number of nitrogens with zero attached hydrogens (tertiary/aromatic N) is 2. The lowest BCUT2D eigenvalue weighted by Gasteiger charge is -2.17. The Hall–Kier alpha value is -0.870. The van der Waals surface area contributed by atoms with Gasteiger partial charge in [-0.05, 0) is 26.5 Å². The minimum atomic E-state index is 0.237. The monoisotopic (exact) mass is 211 g/mol.